The summed E-state index contributed by atoms with van der Waals surface area (Å²) in [4.78, 5) is 14.1. The molecule has 0 unspecified atom stereocenters. The molecule has 0 bridgehead atoms. The van der Waals surface area contributed by atoms with Gasteiger partial charge in [0, 0.05) is 18.1 Å². The summed E-state index contributed by atoms with van der Waals surface area (Å²) in [5.74, 6) is 0.948. The lowest BCUT2D eigenvalue weighted by Crippen LogP contribution is -2.33. The molecular formula is C25H35N7O2S. The highest BCUT2D eigenvalue weighted by Gasteiger charge is 2.26. The summed E-state index contributed by atoms with van der Waals surface area (Å²) in [7, 11) is -3.85. The van der Waals surface area contributed by atoms with Gasteiger partial charge in [-0.1, -0.05) is 38.8 Å². The maximum atomic E-state index is 13.3. The molecule has 2 fully saturated rings. The van der Waals surface area contributed by atoms with Crippen LogP contribution in [-0.4, -0.2) is 40.0 Å². The van der Waals surface area contributed by atoms with Crippen LogP contribution in [0.3, 0.4) is 0 Å². The van der Waals surface area contributed by atoms with Crippen molar-refractivity contribution < 1.29 is 8.42 Å². The topological polar surface area (TPSA) is 128 Å². The lowest BCUT2D eigenvalue weighted by molar-refractivity contribution is 0.410. The molecule has 0 radical (unpaired) electrons. The largest absolute Gasteiger partial charge is 0.351 e. The Morgan fingerprint density at radius 2 is 1.69 bits per heavy atom. The number of imidazole rings is 1. The van der Waals surface area contributed by atoms with Gasteiger partial charge in [-0.15, -0.1) is 0 Å². The quantitative estimate of drug-likeness (QED) is 0.437. The van der Waals surface area contributed by atoms with Gasteiger partial charge in [-0.05, 0) is 62.1 Å². The zero-order valence-electron chi connectivity index (χ0n) is 20.4. The number of benzene rings is 1. The summed E-state index contributed by atoms with van der Waals surface area (Å²) in [5.41, 5.74) is 8.28. The van der Waals surface area contributed by atoms with Crippen LogP contribution in [0.15, 0.2) is 35.5 Å². The summed E-state index contributed by atoms with van der Waals surface area (Å²) in [6.07, 6.45) is 10.0. The number of hydrogen-bond acceptors (Lipinski definition) is 7. The van der Waals surface area contributed by atoms with Crippen molar-refractivity contribution in [1.82, 2.24) is 19.5 Å². The Labute approximate surface area is 207 Å². The fourth-order valence-electron chi connectivity index (χ4n) is 5.17. The predicted molar refractivity (Wildman–Crippen MR) is 138 cm³/mol. The van der Waals surface area contributed by atoms with Crippen LogP contribution in [0.25, 0.3) is 11.2 Å². The zero-order chi connectivity index (χ0) is 24.6. The third-order valence-corrected chi connectivity index (χ3v) is 8.69. The predicted octanol–water partition coefficient (Wildman–Crippen LogP) is 4.55. The number of hydrogen-bond donors (Lipinski definition) is 3. The third-order valence-electron chi connectivity index (χ3n) is 7.33. The fourth-order valence-corrected chi connectivity index (χ4v) is 6.18. The van der Waals surface area contributed by atoms with E-state index in [1.54, 1.807) is 18.5 Å². The fraction of sp³-hybridized carbons (Fsp3) is 0.560. The number of rotatable bonds is 7. The second-order valence-corrected chi connectivity index (χ2v) is 11.9. The van der Waals surface area contributed by atoms with Crippen LogP contribution >= 0.6 is 0 Å². The molecule has 4 N–H and O–H groups in total. The molecule has 0 atom stereocenters. The number of aromatic nitrogens is 4. The van der Waals surface area contributed by atoms with Crippen LogP contribution in [0.2, 0.25) is 0 Å². The highest BCUT2D eigenvalue weighted by molar-refractivity contribution is 7.92. The van der Waals surface area contributed by atoms with Gasteiger partial charge in [-0.2, -0.15) is 9.97 Å². The molecule has 35 heavy (non-hydrogen) atoms. The Bertz CT molecular complexity index is 1270. The SMILES string of the molecule is CC(C)c1ccc(S(=O)(=O)Nc2nc(N[C@H]3CC[C@H](N)CC3)nc3c2ncn3C2CCCC2)cc1. The number of nitrogens with two attached hydrogens (primary N) is 1. The van der Waals surface area contributed by atoms with Crippen LogP contribution in [0.5, 0.6) is 0 Å². The van der Waals surface area contributed by atoms with Gasteiger partial charge in [0.05, 0.1) is 11.2 Å². The van der Waals surface area contributed by atoms with Crippen LogP contribution in [-0.2, 0) is 10.0 Å². The van der Waals surface area contributed by atoms with E-state index in [4.69, 9.17) is 10.7 Å². The Balaban J connectivity index is 1.50. The van der Waals surface area contributed by atoms with E-state index in [9.17, 15) is 8.42 Å². The van der Waals surface area contributed by atoms with Crippen LogP contribution in [0.4, 0.5) is 11.8 Å². The van der Waals surface area contributed by atoms with E-state index in [-0.39, 0.29) is 22.8 Å². The molecule has 188 valence electrons. The van der Waals surface area contributed by atoms with Crippen molar-refractivity contribution in [2.75, 3.05) is 10.0 Å². The van der Waals surface area contributed by atoms with Crippen molar-refractivity contribution in [3.8, 4) is 0 Å². The van der Waals surface area contributed by atoms with E-state index in [1.807, 2.05) is 12.1 Å². The molecule has 0 amide bonds. The van der Waals surface area contributed by atoms with Gasteiger partial charge in [0.15, 0.2) is 17.0 Å². The molecule has 2 aliphatic rings. The minimum atomic E-state index is -3.85. The lowest BCUT2D eigenvalue weighted by Gasteiger charge is -2.27. The van der Waals surface area contributed by atoms with E-state index in [0.717, 1.165) is 44.1 Å². The molecule has 0 saturated heterocycles. The second kappa shape index (κ2) is 9.73. The average molecular weight is 498 g/mol. The third kappa shape index (κ3) is 5.13. The van der Waals surface area contributed by atoms with Gasteiger partial charge in [-0.25, -0.2) is 13.4 Å². The van der Waals surface area contributed by atoms with Gasteiger partial charge in [0.2, 0.25) is 5.95 Å². The molecule has 0 spiro atoms. The van der Waals surface area contributed by atoms with Crippen molar-refractivity contribution in [2.24, 2.45) is 5.73 Å². The van der Waals surface area contributed by atoms with Crippen LogP contribution in [0, 0.1) is 0 Å². The van der Waals surface area contributed by atoms with Gasteiger partial charge in [-0.3, -0.25) is 4.72 Å². The summed E-state index contributed by atoms with van der Waals surface area (Å²) in [6, 6.07) is 7.75. The van der Waals surface area contributed by atoms with E-state index in [1.165, 1.54) is 12.8 Å². The van der Waals surface area contributed by atoms with Crippen molar-refractivity contribution in [2.45, 2.75) is 94.2 Å². The molecular weight excluding hydrogens is 462 g/mol. The number of fused-ring (bicyclic) bond motifs is 1. The van der Waals surface area contributed by atoms with E-state index < -0.39 is 10.0 Å². The monoisotopic (exact) mass is 497 g/mol. The first-order valence-corrected chi connectivity index (χ1v) is 14.2. The first-order valence-electron chi connectivity index (χ1n) is 12.7. The van der Waals surface area contributed by atoms with E-state index in [0.29, 0.717) is 29.1 Å². The van der Waals surface area contributed by atoms with Crippen molar-refractivity contribution in [3.05, 3.63) is 36.2 Å². The first-order chi connectivity index (χ1) is 16.8. The minimum absolute atomic E-state index is 0.194. The summed E-state index contributed by atoms with van der Waals surface area (Å²) in [5, 5.41) is 3.43. The van der Waals surface area contributed by atoms with Gasteiger partial charge in [0.1, 0.15) is 0 Å². The maximum Gasteiger partial charge on any atom is 0.263 e. The molecule has 0 aliphatic heterocycles. The molecule has 2 saturated carbocycles. The number of sulfonamides is 1. The zero-order valence-corrected chi connectivity index (χ0v) is 21.3. The van der Waals surface area contributed by atoms with Crippen molar-refractivity contribution >= 4 is 33.0 Å². The number of nitrogens with zero attached hydrogens (tertiary/aromatic N) is 4. The minimum Gasteiger partial charge on any atom is -0.351 e. The smallest absolute Gasteiger partial charge is 0.263 e. The van der Waals surface area contributed by atoms with E-state index >= 15 is 0 Å². The van der Waals surface area contributed by atoms with E-state index in [2.05, 4.69) is 38.4 Å². The molecule has 2 aliphatic carbocycles. The highest BCUT2D eigenvalue weighted by atomic mass is 32.2. The molecule has 1 aromatic carbocycles. The molecule has 5 rings (SSSR count). The first kappa shape index (κ1) is 24.0. The second-order valence-electron chi connectivity index (χ2n) is 10.2. The molecule has 2 aromatic heterocycles. The number of anilines is 2. The Morgan fingerprint density at radius 3 is 2.34 bits per heavy atom. The summed E-state index contributed by atoms with van der Waals surface area (Å²) >= 11 is 0. The molecule has 2 heterocycles. The summed E-state index contributed by atoms with van der Waals surface area (Å²) < 4.78 is 31.4. The summed E-state index contributed by atoms with van der Waals surface area (Å²) in [6.45, 7) is 4.16. The number of nitrogens with one attached hydrogen (secondary N) is 2. The molecule has 3 aromatic rings. The Hall–Kier alpha value is -2.72. The highest BCUT2D eigenvalue weighted by Crippen LogP contribution is 2.34. The average Bonchev–Trinajstić information content (AvgIpc) is 3.50. The van der Waals surface area contributed by atoms with Crippen molar-refractivity contribution in [1.29, 1.82) is 0 Å². The normalized spacial score (nSPS) is 21.6. The van der Waals surface area contributed by atoms with Gasteiger partial charge >= 0.3 is 0 Å². The van der Waals surface area contributed by atoms with Crippen molar-refractivity contribution in [3.63, 3.8) is 0 Å². The van der Waals surface area contributed by atoms with Gasteiger partial charge < -0.3 is 15.6 Å². The maximum absolute atomic E-state index is 13.3. The Kier molecular flexibility index (Phi) is 6.67. The van der Waals surface area contributed by atoms with Crippen LogP contribution in [0.1, 0.15) is 82.7 Å². The molecule has 9 nitrogen and oxygen atoms in total. The van der Waals surface area contributed by atoms with Gasteiger partial charge in [0.25, 0.3) is 10.0 Å². The molecule has 10 heteroatoms. The standard InChI is InChI=1S/C25H35N7O2S/c1-16(2)17-7-13-21(14-8-17)35(33,34)31-23-22-24(32(15-27-22)20-5-3-4-6-20)30-25(29-23)28-19-11-9-18(26)10-12-19/h7-8,13-16,18-20H,3-6,9-12,26H2,1-2H3,(H2,28,29,30,31)/t18-,19-. The lowest BCUT2D eigenvalue weighted by atomic mass is 9.92. The Morgan fingerprint density at radius 1 is 1.00 bits per heavy atom. The van der Waals surface area contributed by atoms with Crippen LogP contribution < -0.4 is 15.8 Å².